The number of nitrogens with zero attached hydrogens (tertiary/aromatic N) is 2. The Kier molecular flexibility index (Phi) is 4.99. The second-order valence-electron chi connectivity index (χ2n) is 3.65. The van der Waals surface area contributed by atoms with Gasteiger partial charge in [0.05, 0.1) is 20.0 Å². The Bertz CT molecular complexity index is 635. The van der Waals surface area contributed by atoms with E-state index in [4.69, 9.17) is 13.6 Å². The summed E-state index contributed by atoms with van der Waals surface area (Å²) in [4.78, 5) is 22.8. The lowest BCUT2D eigenvalue weighted by molar-refractivity contribution is 0.0474. The summed E-state index contributed by atoms with van der Waals surface area (Å²) in [6.45, 7) is 1.90. The minimum Gasteiger partial charge on any atom is -0.463 e. The molecule has 2 aromatic heterocycles. The van der Waals surface area contributed by atoms with Crippen LogP contribution in [0.15, 0.2) is 26.4 Å². The molecule has 0 bridgehead atoms. The molecule has 0 atom stereocenters. The first-order valence-corrected chi connectivity index (χ1v) is 6.92. The van der Waals surface area contributed by atoms with Crippen molar-refractivity contribution in [2.24, 2.45) is 0 Å². The molecule has 0 unspecified atom stereocenters. The molecular weight excluding hydrogens is 300 g/mol. The highest BCUT2D eigenvalue weighted by Gasteiger charge is 2.19. The van der Waals surface area contributed by atoms with E-state index < -0.39 is 11.9 Å². The number of rotatable bonds is 6. The van der Waals surface area contributed by atoms with Gasteiger partial charge < -0.3 is 18.3 Å². The van der Waals surface area contributed by atoms with Crippen LogP contribution in [0.4, 0.5) is 0 Å². The average Bonchev–Trinajstić information content (AvgIpc) is 3.13. The molecule has 0 aliphatic heterocycles. The molecule has 0 saturated carbocycles. The van der Waals surface area contributed by atoms with Crippen LogP contribution in [0.25, 0.3) is 0 Å². The van der Waals surface area contributed by atoms with E-state index in [9.17, 15) is 9.59 Å². The van der Waals surface area contributed by atoms with Gasteiger partial charge in [0, 0.05) is 11.3 Å². The van der Waals surface area contributed by atoms with E-state index in [2.05, 4.69) is 14.9 Å². The highest BCUT2D eigenvalue weighted by Crippen LogP contribution is 2.24. The summed E-state index contributed by atoms with van der Waals surface area (Å²) >= 11 is 1.16. The third kappa shape index (κ3) is 3.63. The first-order chi connectivity index (χ1) is 10.2. The SMILES string of the molecule is CCOC(=O)c1nnc(SCc2ccoc2C(=O)OC)o1. The molecule has 2 aromatic rings. The number of carbonyl (C=O) groups excluding carboxylic acids is 2. The van der Waals surface area contributed by atoms with Crippen molar-refractivity contribution < 1.29 is 27.9 Å². The molecule has 2 heterocycles. The zero-order chi connectivity index (χ0) is 15.2. The predicted molar refractivity (Wildman–Crippen MR) is 69.9 cm³/mol. The Morgan fingerprint density at radius 1 is 1.33 bits per heavy atom. The molecular formula is C12H12N2O6S. The van der Waals surface area contributed by atoms with Gasteiger partial charge in [0.15, 0.2) is 0 Å². The zero-order valence-corrected chi connectivity index (χ0v) is 12.1. The number of carbonyl (C=O) groups is 2. The van der Waals surface area contributed by atoms with Crippen LogP contribution < -0.4 is 0 Å². The van der Waals surface area contributed by atoms with Gasteiger partial charge >= 0.3 is 17.8 Å². The summed E-state index contributed by atoms with van der Waals surface area (Å²) in [5.41, 5.74) is 0.628. The van der Waals surface area contributed by atoms with Crippen molar-refractivity contribution in [3.63, 3.8) is 0 Å². The van der Waals surface area contributed by atoms with Crippen LogP contribution in [-0.4, -0.2) is 35.9 Å². The summed E-state index contributed by atoms with van der Waals surface area (Å²) in [6.07, 6.45) is 1.39. The van der Waals surface area contributed by atoms with Gasteiger partial charge in [-0.1, -0.05) is 16.9 Å². The largest absolute Gasteiger partial charge is 0.463 e. The molecule has 0 aliphatic rings. The molecule has 0 N–H and O–H groups in total. The fraction of sp³-hybridized carbons (Fsp3) is 0.333. The Balaban J connectivity index is 1.99. The molecule has 8 nitrogen and oxygen atoms in total. The lowest BCUT2D eigenvalue weighted by atomic mass is 10.3. The van der Waals surface area contributed by atoms with Crippen molar-refractivity contribution in [2.45, 2.75) is 17.9 Å². The summed E-state index contributed by atoms with van der Waals surface area (Å²) in [7, 11) is 1.27. The highest BCUT2D eigenvalue weighted by molar-refractivity contribution is 7.98. The molecule has 112 valence electrons. The molecule has 0 saturated heterocycles. The third-order valence-electron chi connectivity index (χ3n) is 2.33. The summed E-state index contributed by atoms with van der Waals surface area (Å²) in [5.74, 6) is -0.968. The van der Waals surface area contributed by atoms with Crippen molar-refractivity contribution in [1.29, 1.82) is 0 Å². The quantitative estimate of drug-likeness (QED) is 0.584. The topological polar surface area (TPSA) is 105 Å². The van der Waals surface area contributed by atoms with Crippen molar-refractivity contribution in [1.82, 2.24) is 10.2 Å². The normalized spacial score (nSPS) is 10.4. The van der Waals surface area contributed by atoms with Crippen LogP contribution in [0.3, 0.4) is 0 Å². The molecule has 2 rings (SSSR count). The van der Waals surface area contributed by atoms with Crippen LogP contribution in [0, 0.1) is 0 Å². The molecule has 0 radical (unpaired) electrons. The fourth-order valence-electron chi connectivity index (χ4n) is 1.40. The second kappa shape index (κ2) is 6.93. The maximum Gasteiger partial charge on any atom is 0.396 e. The second-order valence-corrected chi connectivity index (χ2v) is 4.58. The van der Waals surface area contributed by atoms with Crippen LogP contribution >= 0.6 is 11.8 Å². The van der Waals surface area contributed by atoms with Gasteiger partial charge in [-0.3, -0.25) is 0 Å². The van der Waals surface area contributed by atoms with Gasteiger partial charge in [-0.25, -0.2) is 9.59 Å². The Morgan fingerprint density at radius 3 is 2.86 bits per heavy atom. The zero-order valence-electron chi connectivity index (χ0n) is 11.3. The number of thioether (sulfide) groups is 1. The summed E-state index contributed by atoms with van der Waals surface area (Å²) < 4.78 is 19.5. The monoisotopic (exact) mass is 312 g/mol. The van der Waals surface area contributed by atoms with E-state index in [0.717, 1.165) is 11.8 Å². The van der Waals surface area contributed by atoms with Gasteiger partial charge in [-0.15, -0.1) is 5.10 Å². The number of hydrogen-bond acceptors (Lipinski definition) is 9. The smallest absolute Gasteiger partial charge is 0.396 e. The number of hydrogen-bond donors (Lipinski definition) is 0. The Labute approximate surface area is 123 Å². The third-order valence-corrected chi connectivity index (χ3v) is 3.19. The first kappa shape index (κ1) is 15.1. The lowest BCUT2D eigenvalue weighted by Crippen LogP contribution is -2.04. The average molecular weight is 312 g/mol. The molecule has 0 amide bonds. The molecule has 0 spiro atoms. The minimum absolute atomic E-state index is 0.120. The van der Waals surface area contributed by atoms with Gasteiger partial charge in [0.1, 0.15) is 0 Å². The molecule has 0 fully saturated rings. The summed E-state index contributed by atoms with van der Waals surface area (Å²) in [6, 6.07) is 1.64. The van der Waals surface area contributed by atoms with Crippen molar-refractivity contribution in [3.8, 4) is 0 Å². The Hall–Kier alpha value is -2.29. The maximum absolute atomic E-state index is 11.4. The maximum atomic E-state index is 11.4. The van der Waals surface area contributed by atoms with E-state index in [0.29, 0.717) is 11.3 Å². The van der Waals surface area contributed by atoms with E-state index in [1.165, 1.54) is 13.4 Å². The number of furan rings is 1. The molecule has 9 heteroatoms. The number of esters is 2. The van der Waals surface area contributed by atoms with Crippen LogP contribution in [0.2, 0.25) is 0 Å². The Morgan fingerprint density at radius 2 is 2.14 bits per heavy atom. The number of ether oxygens (including phenoxy) is 2. The molecule has 0 aromatic carbocycles. The fourth-order valence-corrected chi connectivity index (χ4v) is 2.15. The van der Waals surface area contributed by atoms with E-state index in [1.807, 2.05) is 0 Å². The van der Waals surface area contributed by atoms with Crippen molar-refractivity contribution in [2.75, 3.05) is 13.7 Å². The number of aromatic nitrogens is 2. The van der Waals surface area contributed by atoms with Gasteiger partial charge in [-0.05, 0) is 13.0 Å². The van der Waals surface area contributed by atoms with E-state index >= 15 is 0 Å². The van der Waals surface area contributed by atoms with Gasteiger partial charge in [0.25, 0.3) is 5.22 Å². The number of methoxy groups -OCH3 is 1. The van der Waals surface area contributed by atoms with Crippen LogP contribution in [0.1, 0.15) is 33.7 Å². The van der Waals surface area contributed by atoms with Gasteiger partial charge in [0.2, 0.25) is 5.76 Å². The van der Waals surface area contributed by atoms with Crippen LogP contribution in [0.5, 0.6) is 0 Å². The van der Waals surface area contributed by atoms with Crippen LogP contribution in [-0.2, 0) is 15.2 Å². The van der Waals surface area contributed by atoms with E-state index in [1.54, 1.807) is 13.0 Å². The van der Waals surface area contributed by atoms with Crippen molar-refractivity contribution >= 4 is 23.7 Å². The molecule has 21 heavy (non-hydrogen) atoms. The highest BCUT2D eigenvalue weighted by atomic mass is 32.2. The van der Waals surface area contributed by atoms with Gasteiger partial charge in [-0.2, -0.15) is 0 Å². The minimum atomic E-state index is -0.671. The predicted octanol–water partition coefficient (Wildman–Crippen LogP) is 1.92. The molecule has 0 aliphatic carbocycles. The first-order valence-electron chi connectivity index (χ1n) is 5.93. The van der Waals surface area contributed by atoms with E-state index in [-0.39, 0.29) is 23.5 Å². The van der Waals surface area contributed by atoms with Crippen molar-refractivity contribution in [3.05, 3.63) is 29.5 Å². The summed E-state index contributed by atoms with van der Waals surface area (Å²) in [5, 5.41) is 7.48. The lowest BCUT2D eigenvalue weighted by Gasteiger charge is -1.98. The standard InChI is InChI=1S/C12H12N2O6S/c1-3-18-11(16)9-13-14-12(20-9)21-6-7-4-5-19-8(7)10(15)17-2/h4-5H,3,6H2,1-2H3.